The molecule has 0 bridgehead atoms. The van der Waals surface area contributed by atoms with E-state index >= 15 is 0 Å². The Hall–Kier alpha value is -3.20. The van der Waals surface area contributed by atoms with Crippen LogP contribution < -0.4 is 20.1 Å². The number of thioether (sulfide) groups is 1. The van der Waals surface area contributed by atoms with Crippen molar-refractivity contribution in [2.24, 2.45) is 0 Å². The number of carbonyl (C=O) groups is 1. The maximum atomic E-state index is 12.4. The number of nitrogens with zero attached hydrogens (tertiary/aromatic N) is 3. The molecule has 1 aromatic heterocycles. The molecule has 0 spiro atoms. The average Bonchev–Trinajstić information content (AvgIpc) is 3.11. The van der Waals surface area contributed by atoms with Crippen LogP contribution in [0.3, 0.4) is 0 Å². The van der Waals surface area contributed by atoms with Crippen LogP contribution in [0.25, 0.3) is 11.4 Å². The smallest absolute Gasteiger partial charge is 0.210 e. The number of aromatic nitrogens is 3. The van der Waals surface area contributed by atoms with Gasteiger partial charge in [-0.1, -0.05) is 41.6 Å². The Kier molecular flexibility index (Phi) is 6.28. The van der Waals surface area contributed by atoms with E-state index in [2.05, 4.69) is 10.2 Å². The molecular weight excluding hydrogens is 392 g/mol. The Labute approximate surface area is 172 Å². The lowest BCUT2D eigenvalue weighted by atomic mass is 10.1. The second-order valence-corrected chi connectivity index (χ2v) is 7.11. The molecule has 0 aliphatic rings. The SMILES string of the molecule is COc1cc(-c2nnc(SCC(=O)c3ccc(C)cc3)n2N)cc(OC)c1OC. The van der Waals surface area contributed by atoms with Gasteiger partial charge in [0.05, 0.1) is 27.1 Å². The topological polar surface area (TPSA) is 101 Å². The summed E-state index contributed by atoms with van der Waals surface area (Å²) in [5, 5.41) is 8.69. The van der Waals surface area contributed by atoms with Crippen molar-refractivity contribution in [2.75, 3.05) is 32.9 Å². The van der Waals surface area contributed by atoms with Gasteiger partial charge >= 0.3 is 0 Å². The first kappa shape index (κ1) is 20.5. The van der Waals surface area contributed by atoms with E-state index in [1.54, 1.807) is 12.1 Å². The third-order valence-electron chi connectivity index (χ3n) is 4.29. The first-order valence-corrected chi connectivity index (χ1v) is 9.70. The average molecular weight is 414 g/mol. The Balaban J connectivity index is 1.82. The van der Waals surface area contributed by atoms with Crippen LogP contribution in [0.15, 0.2) is 41.6 Å². The van der Waals surface area contributed by atoms with Gasteiger partial charge in [-0.05, 0) is 19.1 Å². The highest BCUT2D eigenvalue weighted by molar-refractivity contribution is 7.99. The molecule has 0 aliphatic heterocycles. The number of carbonyl (C=O) groups excluding carboxylic acids is 1. The second kappa shape index (κ2) is 8.87. The molecule has 2 aromatic carbocycles. The molecule has 3 rings (SSSR count). The zero-order valence-electron chi connectivity index (χ0n) is 16.6. The molecule has 29 heavy (non-hydrogen) atoms. The predicted octanol–water partition coefficient (Wildman–Crippen LogP) is 2.97. The van der Waals surface area contributed by atoms with Gasteiger partial charge in [-0.25, -0.2) is 4.68 Å². The number of Topliss-reactive ketones (excluding diaryl/α,β-unsaturated/α-hetero) is 1. The van der Waals surface area contributed by atoms with Gasteiger partial charge < -0.3 is 20.1 Å². The molecule has 0 amide bonds. The highest BCUT2D eigenvalue weighted by Gasteiger charge is 2.19. The molecule has 0 saturated heterocycles. The van der Waals surface area contributed by atoms with Crippen LogP contribution in [-0.2, 0) is 0 Å². The Morgan fingerprint density at radius 1 is 1.03 bits per heavy atom. The molecule has 152 valence electrons. The lowest BCUT2D eigenvalue weighted by Gasteiger charge is -2.13. The number of rotatable bonds is 8. The maximum Gasteiger partial charge on any atom is 0.210 e. The lowest BCUT2D eigenvalue weighted by molar-refractivity contribution is 0.102. The van der Waals surface area contributed by atoms with Crippen molar-refractivity contribution in [3.8, 4) is 28.6 Å². The first-order valence-electron chi connectivity index (χ1n) is 8.72. The summed E-state index contributed by atoms with van der Waals surface area (Å²) in [6.45, 7) is 1.98. The number of ketones is 1. The summed E-state index contributed by atoms with van der Waals surface area (Å²) in [7, 11) is 4.60. The van der Waals surface area contributed by atoms with Gasteiger partial charge in [0.2, 0.25) is 10.9 Å². The van der Waals surface area contributed by atoms with E-state index < -0.39 is 0 Å². The van der Waals surface area contributed by atoms with Crippen molar-refractivity contribution in [1.29, 1.82) is 0 Å². The van der Waals surface area contributed by atoms with Crippen molar-refractivity contribution < 1.29 is 19.0 Å². The minimum atomic E-state index is -0.00710. The van der Waals surface area contributed by atoms with Crippen molar-refractivity contribution >= 4 is 17.5 Å². The van der Waals surface area contributed by atoms with Crippen LogP contribution >= 0.6 is 11.8 Å². The van der Waals surface area contributed by atoms with Gasteiger partial charge in [0.25, 0.3) is 0 Å². The minimum absolute atomic E-state index is 0.00710. The van der Waals surface area contributed by atoms with Gasteiger partial charge in [-0.15, -0.1) is 10.2 Å². The fraction of sp³-hybridized carbons (Fsp3) is 0.250. The summed E-state index contributed by atoms with van der Waals surface area (Å²) in [6.07, 6.45) is 0. The first-order chi connectivity index (χ1) is 14.0. The van der Waals surface area contributed by atoms with Crippen LogP contribution in [0.2, 0.25) is 0 Å². The third kappa shape index (κ3) is 4.29. The van der Waals surface area contributed by atoms with E-state index in [9.17, 15) is 4.79 Å². The zero-order valence-corrected chi connectivity index (χ0v) is 17.4. The Morgan fingerprint density at radius 3 is 2.21 bits per heavy atom. The van der Waals surface area contributed by atoms with Crippen molar-refractivity contribution in [3.63, 3.8) is 0 Å². The lowest BCUT2D eigenvalue weighted by Crippen LogP contribution is -2.13. The summed E-state index contributed by atoms with van der Waals surface area (Å²) in [5.74, 6) is 8.22. The number of ether oxygens (including phenoxy) is 3. The molecule has 0 fully saturated rings. The Bertz CT molecular complexity index is 993. The molecule has 0 radical (unpaired) electrons. The number of hydrogen-bond donors (Lipinski definition) is 1. The number of benzene rings is 2. The summed E-state index contributed by atoms with van der Waals surface area (Å²) in [5.41, 5.74) is 2.40. The fourth-order valence-electron chi connectivity index (χ4n) is 2.74. The molecule has 0 saturated carbocycles. The molecule has 0 aliphatic carbocycles. The van der Waals surface area contributed by atoms with E-state index in [-0.39, 0.29) is 11.5 Å². The van der Waals surface area contributed by atoms with Gasteiger partial charge in [0.15, 0.2) is 23.1 Å². The summed E-state index contributed by atoms with van der Waals surface area (Å²) in [4.78, 5) is 12.4. The molecule has 8 nitrogen and oxygen atoms in total. The quantitative estimate of drug-likeness (QED) is 0.341. The fourth-order valence-corrected chi connectivity index (χ4v) is 3.49. The molecule has 2 N–H and O–H groups in total. The van der Waals surface area contributed by atoms with Crippen LogP contribution in [0.4, 0.5) is 0 Å². The number of methoxy groups -OCH3 is 3. The van der Waals surface area contributed by atoms with E-state index in [0.717, 1.165) is 5.56 Å². The van der Waals surface area contributed by atoms with Crippen molar-refractivity contribution in [3.05, 3.63) is 47.5 Å². The molecular formula is C20H22N4O4S. The number of aryl methyl sites for hydroxylation is 1. The zero-order chi connectivity index (χ0) is 21.0. The van der Waals surface area contributed by atoms with Crippen molar-refractivity contribution in [2.45, 2.75) is 12.1 Å². The van der Waals surface area contributed by atoms with E-state index in [0.29, 0.717) is 39.4 Å². The Morgan fingerprint density at radius 2 is 1.66 bits per heavy atom. The third-order valence-corrected chi connectivity index (χ3v) is 5.24. The number of hydrogen-bond acceptors (Lipinski definition) is 8. The van der Waals surface area contributed by atoms with Crippen molar-refractivity contribution in [1.82, 2.24) is 14.9 Å². The van der Waals surface area contributed by atoms with Crippen LogP contribution in [-0.4, -0.2) is 47.7 Å². The molecule has 0 atom stereocenters. The monoisotopic (exact) mass is 414 g/mol. The molecule has 3 aromatic rings. The van der Waals surface area contributed by atoms with E-state index in [1.807, 2.05) is 31.2 Å². The van der Waals surface area contributed by atoms with Crippen LogP contribution in [0, 0.1) is 6.92 Å². The van der Waals surface area contributed by atoms with Gasteiger partial charge in [0.1, 0.15) is 0 Å². The predicted molar refractivity (Wildman–Crippen MR) is 111 cm³/mol. The highest BCUT2D eigenvalue weighted by Crippen LogP contribution is 2.40. The maximum absolute atomic E-state index is 12.4. The number of nitrogens with two attached hydrogens (primary N) is 1. The summed E-state index contributed by atoms with van der Waals surface area (Å²) in [6, 6.07) is 10.9. The van der Waals surface area contributed by atoms with Crippen LogP contribution in [0.5, 0.6) is 17.2 Å². The highest BCUT2D eigenvalue weighted by atomic mass is 32.2. The molecule has 0 unspecified atom stereocenters. The van der Waals surface area contributed by atoms with E-state index in [4.69, 9.17) is 20.1 Å². The minimum Gasteiger partial charge on any atom is -0.493 e. The van der Waals surface area contributed by atoms with E-state index in [1.165, 1.54) is 37.8 Å². The summed E-state index contributed by atoms with van der Waals surface area (Å²) < 4.78 is 17.4. The van der Waals surface area contributed by atoms with Gasteiger partial charge in [0, 0.05) is 11.1 Å². The second-order valence-electron chi connectivity index (χ2n) is 6.17. The number of nitrogen functional groups attached to an aromatic ring is 1. The standard InChI is InChI=1S/C20H22N4O4S/c1-12-5-7-13(8-6-12)15(25)11-29-20-23-22-19(24(20)21)14-9-16(26-2)18(28-4)17(10-14)27-3/h5-10H,11,21H2,1-4H3. The van der Waals surface area contributed by atoms with Crippen LogP contribution in [0.1, 0.15) is 15.9 Å². The molecule has 9 heteroatoms. The van der Waals surface area contributed by atoms with Gasteiger partial charge in [-0.2, -0.15) is 0 Å². The largest absolute Gasteiger partial charge is 0.493 e. The normalized spacial score (nSPS) is 10.6. The molecule has 1 heterocycles. The summed E-state index contributed by atoms with van der Waals surface area (Å²) >= 11 is 1.22. The van der Waals surface area contributed by atoms with Gasteiger partial charge in [-0.3, -0.25) is 4.79 Å².